The molecule has 0 aromatic heterocycles. The van der Waals surface area contributed by atoms with Gasteiger partial charge in [-0.05, 0) is 51.6 Å². The number of nitrogens with one attached hydrogen (secondary N) is 1. The number of hydroxylamine groups is 2. The average molecular weight is 696 g/mol. The lowest BCUT2D eigenvalue weighted by Crippen LogP contribution is -2.59. The van der Waals surface area contributed by atoms with E-state index in [9.17, 15) is 28.8 Å². The second-order valence-electron chi connectivity index (χ2n) is 14.5. The molecule has 280 valence electrons. The number of hydrogen-bond acceptors (Lipinski definition) is 10. The Morgan fingerprint density at radius 2 is 1.51 bits per heavy atom. The van der Waals surface area contributed by atoms with Crippen molar-refractivity contribution in [3.63, 3.8) is 0 Å². The van der Waals surface area contributed by atoms with Gasteiger partial charge in [-0.3, -0.25) is 28.9 Å². The van der Waals surface area contributed by atoms with Crippen molar-refractivity contribution in [1.29, 1.82) is 0 Å². The van der Waals surface area contributed by atoms with Crippen LogP contribution in [0.25, 0.3) is 0 Å². The summed E-state index contributed by atoms with van der Waals surface area (Å²) in [6, 6.07) is -2.14. The lowest BCUT2D eigenvalue weighted by molar-refractivity contribution is -0.203. The molecule has 2 aliphatic heterocycles. The van der Waals surface area contributed by atoms with Crippen molar-refractivity contribution in [3.8, 4) is 0 Å². The van der Waals surface area contributed by atoms with Crippen molar-refractivity contribution in [2.45, 2.75) is 123 Å². The van der Waals surface area contributed by atoms with Gasteiger partial charge in [0.2, 0.25) is 17.7 Å². The van der Waals surface area contributed by atoms with E-state index in [-0.39, 0.29) is 54.7 Å². The highest BCUT2D eigenvalue weighted by Crippen LogP contribution is 2.30. The molecule has 0 unspecified atom stereocenters. The number of hydrogen-bond donors (Lipinski definition) is 1. The van der Waals surface area contributed by atoms with Gasteiger partial charge >= 0.3 is 5.97 Å². The SMILES string of the molecule is CC[C@H](C)[C@@H]([C@@H](CC(=O)N1CCC[C@H]1[C@H](OC)[C@@H](C)C(=O)ON1C(=O)CCC1=O)OC)N(C)C(=O)[C@@H](NC(=O)[C@H](C(C)C)N(C)C)C(C)C. The van der Waals surface area contributed by atoms with E-state index in [1.165, 1.54) is 14.2 Å². The summed E-state index contributed by atoms with van der Waals surface area (Å²) in [4.78, 5) is 88.8. The van der Waals surface area contributed by atoms with Crippen LogP contribution in [0.1, 0.15) is 87.0 Å². The van der Waals surface area contributed by atoms with Gasteiger partial charge in [0.05, 0.1) is 42.7 Å². The van der Waals surface area contributed by atoms with Gasteiger partial charge in [-0.15, -0.1) is 5.06 Å². The Morgan fingerprint density at radius 3 is 1.98 bits per heavy atom. The van der Waals surface area contributed by atoms with E-state index in [0.717, 1.165) is 0 Å². The number of nitrogens with zero attached hydrogens (tertiary/aromatic N) is 4. The van der Waals surface area contributed by atoms with Gasteiger partial charge < -0.3 is 29.4 Å². The van der Waals surface area contributed by atoms with Crippen molar-refractivity contribution < 1.29 is 43.1 Å². The van der Waals surface area contributed by atoms with Gasteiger partial charge in [-0.1, -0.05) is 48.0 Å². The minimum atomic E-state index is -0.884. The van der Waals surface area contributed by atoms with Crippen LogP contribution in [-0.4, -0.2) is 134 Å². The van der Waals surface area contributed by atoms with E-state index in [4.69, 9.17) is 14.3 Å². The minimum absolute atomic E-state index is 0.0139. The lowest BCUT2D eigenvalue weighted by atomic mass is 9.89. The van der Waals surface area contributed by atoms with E-state index < -0.39 is 60.1 Å². The minimum Gasteiger partial charge on any atom is -0.379 e. The van der Waals surface area contributed by atoms with Gasteiger partial charge in [0.1, 0.15) is 6.04 Å². The van der Waals surface area contributed by atoms with Gasteiger partial charge in [-0.25, -0.2) is 4.79 Å². The molecule has 2 aliphatic rings. The second-order valence-corrected chi connectivity index (χ2v) is 14.5. The Balaban J connectivity index is 2.27. The van der Waals surface area contributed by atoms with E-state index in [0.29, 0.717) is 30.9 Å². The first-order chi connectivity index (χ1) is 22.9. The topological polar surface area (TPSA) is 155 Å². The number of carbonyl (C=O) groups excluding carboxylic acids is 6. The van der Waals surface area contributed by atoms with Crippen LogP contribution in [0.5, 0.6) is 0 Å². The summed E-state index contributed by atoms with van der Waals surface area (Å²) in [5.74, 6) is -3.72. The molecule has 0 saturated carbocycles. The van der Waals surface area contributed by atoms with Crippen LogP contribution in [-0.2, 0) is 43.1 Å². The first-order valence-corrected chi connectivity index (χ1v) is 17.6. The summed E-state index contributed by atoms with van der Waals surface area (Å²) in [5.41, 5.74) is 0. The lowest BCUT2D eigenvalue weighted by Gasteiger charge is -2.41. The average Bonchev–Trinajstić information content (AvgIpc) is 3.64. The number of methoxy groups -OCH3 is 2. The number of rotatable bonds is 18. The third-order valence-electron chi connectivity index (χ3n) is 10.1. The van der Waals surface area contributed by atoms with Crippen LogP contribution >= 0.6 is 0 Å². The molecule has 2 saturated heterocycles. The Morgan fingerprint density at radius 1 is 0.918 bits per heavy atom. The molecule has 1 N–H and O–H groups in total. The fourth-order valence-electron chi connectivity index (χ4n) is 7.23. The molecular formula is C35H61N5O9. The Bertz CT molecular complexity index is 1150. The molecular weight excluding hydrogens is 634 g/mol. The molecule has 0 aliphatic carbocycles. The summed E-state index contributed by atoms with van der Waals surface area (Å²) < 4.78 is 11.7. The number of amides is 5. The zero-order valence-electron chi connectivity index (χ0n) is 31.7. The van der Waals surface area contributed by atoms with Crippen LogP contribution in [0.15, 0.2) is 0 Å². The molecule has 0 bridgehead atoms. The summed E-state index contributed by atoms with van der Waals surface area (Å²) in [5, 5.41) is 3.52. The third-order valence-corrected chi connectivity index (χ3v) is 10.1. The Kier molecular flexibility index (Phi) is 16.1. The molecule has 14 nitrogen and oxygen atoms in total. The maximum Gasteiger partial charge on any atom is 0.338 e. The van der Waals surface area contributed by atoms with Crippen LogP contribution in [0.3, 0.4) is 0 Å². The van der Waals surface area contributed by atoms with Crippen molar-refractivity contribution in [3.05, 3.63) is 0 Å². The molecule has 49 heavy (non-hydrogen) atoms. The van der Waals surface area contributed by atoms with Crippen molar-refractivity contribution >= 4 is 35.5 Å². The summed E-state index contributed by atoms with van der Waals surface area (Å²) in [6.45, 7) is 13.8. The molecule has 0 spiro atoms. The van der Waals surface area contributed by atoms with E-state index in [2.05, 4.69) is 5.32 Å². The zero-order valence-corrected chi connectivity index (χ0v) is 31.7. The molecule has 2 rings (SSSR count). The number of likely N-dealkylation sites (N-methyl/N-ethyl adjacent to an activating group) is 2. The number of carbonyl (C=O) groups is 6. The predicted molar refractivity (Wildman–Crippen MR) is 182 cm³/mol. The summed E-state index contributed by atoms with van der Waals surface area (Å²) >= 11 is 0. The highest BCUT2D eigenvalue weighted by Gasteiger charge is 2.44. The Hall–Kier alpha value is -3.10. The van der Waals surface area contributed by atoms with Crippen LogP contribution < -0.4 is 5.32 Å². The largest absolute Gasteiger partial charge is 0.379 e. The second kappa shape index (κ2) is 18.8. The standard InChI is InChI=1S/C35H61N5O9/c1-13-22(6)31(38(10)34(45)29(20(2)3)36-33(44)30(21(4)5)37(8)9)25(47-11)19-28(43)39-18-14-15-24(39)32(48-12)23(7)35(46)49-40-26(41)16-17-27(40)42/h20-25,29-32H,13-19H2,1-12H3,(H,36,44)/t22-,23+,24-,25+,29-,30-,31-,32+/m0/s1. The van der Waals surface area contributed by atoms with Crippen LogP contribution in [0.2, 0.25) is 0 Å². The van der Waals surface area contributed by atoms with Gasteiger partial charge in [0.15, 0.2) is 0 Å². The predicted octanol–water partition coefficient (Wildman–Crippen LogP) is 2.24. The fourth-order valence-corrected chi connectivity index (χ4v) is 7.23. The van der Waals surface area contributed by atoms with E-state index in [1.807, 2.05) is 60.5 Å². The molecule has 2 fully saturated rings. The highest BCUT2D eigenvalue weighted by molar-refractivity contribution is 6.01. The summed E-state index contributed by atoms with van der Waals surface area (Å²) in [6.07, 6.45) is 0.502. The molecule has 14 heteroatoms. The van der Waals surface area contributed by atoms with Crippen molar-refractivity contribution in [2.24, 2.45) is 23.7 Å². The van der Waals surface area contributed by atoms with Gasteiger partial charge in [0, 0.05) is 40.7 Å². The molecule has 2 heterocycles. The molecule has 0 radical (unpaired) electrons. The maximum absolute atomic E-state index is 14.1. The smallest absolute Gasteiger partial charge is 0.338 e. The number of ether oxygens (including phenoxy) is 2. The molecule has 0 aromatic rings. The molecule has 0 aromatic carbocycles. The first-order valence-electron chi connectivity index (χ1n) is 17.6. The van der Waals surface area contributed by atoms with Gasteiger partial charge in [-0.2, -0.15) is 0 Å². The van der Waals surface area contributed by atoms with Crippen molar-refractivity contribution in [1.82, 2.24) is 25.1 Å². The normalized spacial score (nSPS) is 21.1. The van der Waals surface area contributed by atoms with Crippen LogP contribution in [0.4, 0.5) is 0 Å². The first kappa shape index (κ1) is 42.1. The summed E-state index contributed by atoms with van der Waals surface area (Å²) in [7, 11) is 8.35. The van der Waals surface area contributed by atoms with E-state index >= 15 is 0 Å². The monoisotopic (exact) mass is 695 g/mol. The van der Waals surface area contributed by atoms with Gasteiger partial charge in [0.25, 0.3) is 11.8 Å². The molecule has 8 atom stereocenters. The third kappa shape index (κ3) is 10.2. The van der Waals surface area contributed by atoms with Crippen LogP contribution in [0, 0.1) is 23.7 Å². The number of likely N-dealkylation sites (tertiary alicyclic amines) is 1. The number of imide groups is 1. The van der Waals surface area contributed by atoms with E-state index in [1.54, 1.807) is 23.8 Å². The molecule has 5 amide bonds. The quantitative estimate of drug-likeness (QED) is 0.211. The van der Waals surface area contributed by atoms with Crippen molar-refractivity contribution in [2.75, 3.05) is 41.9 Å². The maximum atomic E-state index is 14.1. The highest BCUT2D eigenvalue weighted by atomic mass is 16.7. The fraction of sp³-hybridized carbons (Fsp3) is 0.829. The zero-order chi connectivity index (χ0) is 37.3. The Labute approximate surface area is 292 Å².